The summed E-state index contributed by atoms with van der Waals surface area (Å²) in [5, 5.41) is 16.0. The van der Waals surface area contributed by atoms with E-state index in [0.29, 0.717) is 43.2 Å². The normalized spacial score (nSPS) is 16.9. The van der Waals surface area contributed by atoms with Crippen LogP contribution in [0.5, 0.6) is 17.2 Å². The van der Waals surface area contributed by atoms with Crippen molar-refractivity contribution in [1.29, 1.82) is 0 Å². The van der Waals surface area contributed by atoms with E-state index < -0.39 is 10.0 Å². The van der Waals surface area contributed by atoms with Crippen LogP contribution in [0.15, 0.2) is 44.7 Å². The van der Waals surface area contributed by atoms with Crippen LogP contribution in [0, 0.1) is 6.92 Å². The van der Waals surface area contributed by atoms with Gasteiger partial charge in [0.2, 0.25) is 0 Å². The third-order valence-corrected chi connectivity index (χ3v) is 7.00. The van der Waals surface area contributed by atoms with Gasteiger partial charge >= 0.3 is 0 Å². The Hall–Kier alpha value is -2.86. The quantitative estimate of drug-likeness (QED) is 0.433. The van der Waals surface area contributed by atoms with Crippen LogP contribution in [0.1, 0.15) is 16.7 Å². The molecule has 0 unspecified atom stereocenters. The number of morpholine rings is 1. The lowest BCUT2D eigenvalue weighted by molar-refractivity contribution is 0.0360. The monoisotopic (exact) mass is 524 g/mol. The van der Waals surface area contributed by atoms with Crippen molar-refractivity contribution in [2.75, 3.05) is 53.6 Å². The van der Waals surface area contributed by atoms with Gasteiger partial charge in [-0.05, 0) is 48.4 Å². The van der Waals surface area contributed by atoms with Crippen LogP contribution < -0.4 is 9.47 Å². The molecule has 0 bridgehead atoms. The summed E-state index contributed by atoms with van der Waals surface area (Å²) < 4.78 is 45.9. The molecule has 0 atom stereocenters. The predicted molar refractivity (Wildman–Crippen MR) is 135 cm³/mol. The van der Waals surface area contributed by atoms with Gasteiger partial charge in [-0.1, -0.05) is 0 Å². The zero-order chi connectivity index (χ0) is 24.3. The number of hydrogen-bond acceptors (Lipinski definition) is 9. The second-order valence-electron chi connectivity index (χ2n) is 7.99. The average Bonchev–Trinajstić information content (AvgIpc) is 3.10. The number of phenols is 1. The fraction of sp³-hybridized carbons (Fsp3) is 0.391. The first-order valence-corrected chi connectivity index (χ1v) is 12.3. The molecule has 2 aromatic rings. The summed E-state index contributed by atoms with van der Waals surface area (Å²) in [4.78, 5) is 2.28. The van der Waals surface area contributed by atoms with Gasteiger partial charge in [-0.2, -0.15) is 13.5 Å². The minimum absolute atomic E-state index is 0. The molecule has 2 aromatic carbocycles. The van der Waals surface area contributed by atoms with Crippen molar-refractivity contribution in [3.05, 3.63) is 47.0 Å². The van der Waals surface area contributed by atoms with Crippen LogP contribution in [0.2, 0.25) is 0 Å². The molecular weight excluding hydrogens is 496 g/mol. The standard InChI is InChI=1S/C23H28N4O6S.ClH/c1-16-12-18-22(21(13-16)32-3)34(29,30)25-23(18)27(7-6-26-8-10-33-11-9-26)24-15-17-4-5-19(28)20(14-17)31-2;/h4-5,12-15,28H,6-11H2,1-3H3;1H. The van der Waals surface area contributed by atoms with Gasteiger partial charge in [0.15, 0.2) is 17.3 Å². The molecule has 2 heterocycles. The van der Waals surface area contributed by atoms with E-state index in [-0.39, 0.29) is 34.6 Å². The van der Waals surface area contributed by atoms with E-state index in [1.54, 1.807) is 35.5 Å². The average molecular weight is 525 g/mol. The third kappa shape index (κ3) is 5.87. The van der Waals surface area contributed by atoms with Crippen LogP contribution >= 0.6 is 12.4 Å². The molecule has 1 N–H and O–H groups in total. The molecule has 0 spiro atoms. The highest BCUT2D eigenvalue weighted by molar-refractivity contribution is 7.90. The lowest BCUT2D eigenvalue weighted by Gasteiger charge is -2.28. The first-order valence-electron chi connectivity index (χ1n) is 10.8. The SMILES string of the molecule is COc1cc(C=NN(CCN2CCOCC2)C2=NS(=O)(=O)c3c(OC)cc(C)cc32)ccc1O.Cl. The molecule has 1 saturated heterocycles. The van der Waals surface area contributed by atoms with Crippen molar-refractivity contribution in [2.24, 2.45) is 9.50 Å². The van der Waals surface area contributed by atoms with Gasteiger partial charge in [-0.15, -0.1) is 16.8 Å². The van der Waals surface area contributed by atoms with Gasteiger partial charge in [0, 0.05) is 25.2 Å². The number of methoxy groups -OCH3 is 2. The molecule has 0 aliphatic carbocycles. The molecule has 2 aliphatic rings. The van der Waals surface area contributed by atoms with Gasteiger partial charge in [0.1, 0.15) is 10.6 Å². The molecule has 4 rings (SSSR count). The molecule has 1 fully saturated rings. The largest absolute Gasteiger partial charge is 0.504 e. The van der Waals surface area contributed by atoms with Gasteiger partial charge in [0.25, 0.3) is 10.0 Å². The first-order chi connectivity index (χ1) is 16.3. The number of ether oxygens (including phenoxy) is 3. The number of phenolic OH excluding ortho intramolecular Hbond substituents is 1. The van der Waals surface area contributed by atoms with Gasteiger partial charge < -0.3 is 19.3 Å². The van der Waals surface area contributed by atoms with Gasteiger partial charge in [-0.3, -0.25) is 4.90 Å². The lowest BCUT2D eigenvalue weighted by Crippen LogP contribution is -2.41. The van der Waals surface area contributed by atoms with E-state index in [2.05, 4.69) is 14.4 Å². The number of aromatic hydroxyl groups is 1. The molecule has 35 heavy (non-hydrogen) atoms. The zero-order valence-electron chi connectivity index (χ0n) is 19.8. The van der Waals surface area contributed by atoms with Crippen LogP contribution in [0.4, 0.5) is 0 Å². The maximum Gasteiger partial charge on any atom is 0.288 e. The number of amidine groups is 1. The molecule has 0 saturated carbocycles. The number of hydrogen-bond donors (Lipinski definition) is 1. The molecule has 0 radical (unpaired) electrons. The Morgan fingerprint density at radius 1 is 1.17 bits per heavy atom. The summed E-state index contributed by atoms with van der Waals surface area (Å²) in [6, 6.07) is 8.31. The summed E-state index contributed by atoms with van der Waals surface area (Å²) >= 11 is 0. The second-order valence-corrected chi connectivity index (χ2v) is 9.53. The summed E-state index contributed by atoms with van der Waals surface area (Å²) in [5.41, 5.74) is 1.98. The molecule has 10 nitrogen and oxygen atoms in total. The molecule has 190 valence electrons. The lowest BCUT2D eigenvalue weighted by atomic mass is 10.1. The Morgan fingerprint density at radius 3 is 2.57 bits per heavy atom. The minimum Gasteiger partial charge on any atom is -0.504 e. The van der Waals surface area contributed by atoms with Crippen LogP contribution in [0.25, 0.3) is 0 Å². The Bertz CT molecular complexity index is 1230. The number of fused-ring (bicyclic) bond motifs is 1. The van der Waals surface area contributed by atoms with Crippen molar-refractivity contribution < 1.29 is 27.7 Å². The second kappa shape index (κ2) is 11.3. The minimum atomic E-state index is -3.94. The predicted octanol–water partition coefficient (Wildman–Crippen LogP) is 2.26. The van der Waals surface area contributed by atoms with E-state index in [9.17, 15) is 13.5 Å². The number of hydrazone groups is 1. The Balaban J connectivity index is 0.00000342. The Morgan fingerprint density at radius 2 is 1.89 bits per heavy atom. The van der Waals surface area contributed by atoms with Crippen molar-refractivity contribution in [2.45, 2.75) is 11.8 Å². The highest BCUT2D eigenvalue weighted by atomic mass is 35.5. The van der Waals surface area contributed by atoms with Crippen LogP contribution in [0.3, 0.4) is 0 Å². The Kier molecular flexibility index (Phi) is 8.60. The number of aryl methyl sites for hydroxylation is 1. The van der Waals surface area contributed by atoms with E-state index in [0.717, 1.165) is 18.7 Å². The van der Waals surface area contributed by atoms with E-state index in [1.165, 1.54) is 20.3 Å². The van der Waals surface area contributed by atoms with Gasteiger partial charge in [0.05, 0.1) is 40.2 Å². The first kappa shape index (κ1) is 26.7. The molecule has 0 amide bonds. The van der Waals surface area contributed by atoms with Crippen molar-refractivity contribution >= 4 is 34.5 Å². The molecule has 12 heteroatoms. The highest BCUT2D eigenvalue weighted by Gasteiger charge is 2.36. The number of benzene rings is 2. The maximum atomic E-state index is 12.9. The van der Waals surface area contributed by atoms with E-state index in [4.69, 9.17) is 14.2 Å². The highest BCUT2D eigenvalue weighted by Crippen LogP contribution is 2.36. The number of nitrogens with zero attached hydrogens (tertiary/aromatic N) is 4. The topological polar surface area (TPSA) is 113 Å². The fourth-order valence-electron chi connectivity index (χ4n) is 3.91. The number of sulfonamides is 1. The maximum absolute atomic E-state index is 12.9. The molecule has 0 aromatic heterocycles. The fourth-order valence-corrected chi connectivity index (χ4v) is 5.24. The van der Waals surface area contributed by atoms with Crippen molar-refractivity contribution in [3.63, 3.8) is 0 Å². The van der Waals surface area contributed by atoms with E-state index in [1.807, 2.05) is 6.92 Å². The summed E-state index contributed by atoms with van der Waals surface area (Å²) in [7, 11) is -1.03. The third-order valence-electron chi connectivity index (χ3n) is 5.65. The molecular formula is C23H29ClN4O6S. The van der Waals surface area contributed by atoms with E-state index >= 15 is 0 Å². The summed E-state index contributed by atoms with van der Waals surface area (Å²) in [6.45, 7) is 5.83. The van der Waals surface area contributed by atoms with Crippen molar-refractivity contribution in [1.82, 2.24) is 9.91 Å². The van der Waals surface area contributed by atoms with Crippen molar-refractivity contribution in [3.8, 4) is 17.2 Å². The smallest absolute Gasteiger partial charge is 0.288 e. The number of halogens is 1. The summed E-state index contributed by atoms with van der Waals surface area (Å²) in [6.07, 6.45) is 1.58. The molecule has 2 aliphatic heterocycles. The number of rotatable bonds is 7. The summed E-state index contributed by atoms with van der Waals surface area (Å²) in [5.74, 6) is 0.836. The van der Waals surface area contributed by atoms with Gasteiger partial charge in [-0.25, -0.2) is 5.01 Å². The van der Waals surface area contributed by atoms with Crippen LogP contribution in [-0.2, 0) is 14.8 Å². The van der Waals surface area contributed by atoms with Crippen LogP contribution in [-0.4, -0.2) is 89.1 Å². The Labute approximate surface area is 211 Å². The zero-order valence-corrected chi connectivity index (χ0v) is 21.4.